The molecule has 0 fully saturated rings. The van der Waals surface area contributed by atoms with Gasteiger partial charge in [0.25, 0.3) is 0 Å². The predicted octanol–water partition coefficient (Wildman–Crippen LogP) is 2.36. The molecule has 48 valence electrons. The molecule has 0 radical (unpaired) electrons. The molecular formula is C3H7ClNPS2. The van der Waals surface area contributed by atoms with Crippen LogP contribution in [0.4, 0.5) is 0 Å². The first-order chi connectivity index (χ1) is 3.81. The van der Waals surface area contributed by atoms with E-state index in [4.69, 9.17) is 23.5 Å². The lowest BCUT2D eigenvalue weighted by molar-refractivity contribution is 1.53. The van der Waals surface area contributed by atoms with Gasteiger partial charge in [-0.2, -0.15) is 0 Å². The number of thioether (sulfide) groups is 1. The molecule has 5 heteroatoms. The second-order valence-corrected chi connectivity index (χ2v) is 3.89. The lowest BCUT2D eigenvalue weighted by Crippen LogP contribution is -2.04. The molecule has 0 aromatic rings. The first-order valence-electron chi connectivity index (χ1n) is 2.09. The van der Waals surface area contributed by atoms with Crippen LogP contribution in [0.1, 0.15) is 6.92 Å². The zero-order valence-electron chi connectivity index (χ0n) is 4.40. The van der Waals surface area contributed by atoms with E-state index in [0.29, 0.717) is 0 Å². The Bertz CT molecular complexity index is 71.7. The molecule has 0 rings (SSSR count). The van der Waals surface area contributed by atoms with Gasteiger partial charge >= 0.3 is 0 Å². The van der Waals surface area contributed by atoms with Crippen molar-refractivity contribution in [3.63, 3.8) is 0 Å². The van der Waals surface area contributed by atoms with Gasteiger partial charge in [-0.1, -0.05) is 42.1 Å². The maximum atomic E-state index is 5.35. The van der Waals surface area contributed by atoms with Crippen molar-refractivity contribution in [2.75, 3.05) is 5.75 Å². The Morgan fingerprint density at radius 3 is 3.00 bits per heavy atom. The van der Waals surface area contributed by atoms with Gasteiger partial charge in [0.15, 0.2) is 0 Å². The molecule has 0 spiro atoms. The third-order valence-corrected chi connectivity index (χ3v) is 2.52. The van der Waals surface area contributed by atoms with Gasteiger partial charge in [0, 0.05) is 0 Å². The zero-order chi connectivity index (χ0) is 6.41. The SMILES string of the molecule is CCSC(=S)NPCl. The molecule has 0 aromatic carbocycles. The van der Waals surface area contributed by atoms with Crippen molar-refractivity contribution in [2.45, 2.75) is 6.92 Å². The standard InChI is InChI=1S/C3H7ClNPS2/c1-2-8-3(7)5-6-4/h6H,2H2,1H3,(H,5,7). The van der Waals surface area contributed by atoms with Crippen molar-refractivity contribution < 1.29 is 0 Å². The van der Waals surface area contributed by atoms with Crippen LogP contribution in [-0.4, -0.2) is 10.1 Å². The summed E-state index contributed by atoms with van der Waals surface area (Å²) >= 11 is 11.8. The lowest BCUT2D eigenvalue weighted by atomic mass is 11.0. The van der Waals surface area contributed by atoms with Crippen LogP contribution in [0.15, 0.2) is 0 Å². The van der Waals surface area contributed by atoms with E-state index in [0.717, 1.165) is 10.1 Å². The summed E-state index contributed by atoms with van der Waals surface area (Å²) in [7, 11) is 0.208. The zero-order valence-corrected chi connectivity index (χ0v) is 7.79. The molecule has 1 unspecified atom stereocenters. The Labute approximate surface area is 65.6 Å². The summed E-state index contributed by atoms with van der Waals surface area (Å²) in [6.07, 6.45) is 0. The smallest absolute Gasteiger partial charge is 0.137 e. The molecule has 8 heavy (non-hydrogen) atoms. The van der Waals surface area contributed by atoms with Gasteiger partial charge in [0.1, 0.15) is 4.32 Å². The molecule has 1 N–H and O–H groups in total. The summed E-state index contributed by atoms with van der Waals surface area (Å²) in [6, 6.07) is 0. The summed E-state index contributed by atoms with van der Waals surface area (Å²) in [5.74, 6) is 1.01. The number of hydrogen-bond donors (Lipinski definition) is 1. The summed E-state index contributed by atoms with van der Waals surface area (Å²) in [5.41, 5.74) is 0. The number of nitrogens with one attached hydrogen (secondary N) is 1. The lowest BCUT2D eigenvalue weighted by Gasteiger charge is -1.98. The quantitative estimate of drug-likeness (QED) is 0.527. The molecule has 1 nitrogen and oxygen atoms in total. The maximum Gasteiger partial charge on any atom is 0.137 e. The normalized spacial score (nSPS) is 10.2. The van der Waals surface area contributed by atoms with Crippen LogP contribution in [-0.2, 0) is 0 Å². The molecule has 0 amide bonds. The number of hydrogen-bond acceptors (Lipinski definition) is 2. The molecule has 0 aliphatic carbocycles. The van der Waals surface area contributed by atoms with Gasteiger partial charge in [0.05, 0.1) is 8.08 Å². The highest BCUT2D eigenvalue weighted by Crippen LogP contribution is 2.12. The Morgan fingerprint density at radius 1 is 2.00 bits per heavy atom. The molecule has 0 heterocycles. The largest absolute Gasteiger partial charge is 0.340 e. The van der Waals surface area contributed by atoms with E-state index in [2.05, 4.69) is 12.0 Å². The fourth-order valence-corrected chi connectivity index (χ4v) is 2.11. The van der Waals surface area contributed by atoms with E-state index >= 15 is 0 Å². The predicted molar refractivity (Wildman–Crippen MR) is 48.0 cm³/mol. The molecule has 0 bridgehead atoms. The van der Waals surface area contributed by atoms with E-state index in [1.807, 2.05) is 0 Å². The Hall–Kier alpha value is 0.960. The van der Waals surface area contributed by atoms with Crippen molar-refractivity contribution in [1.29, 1.82) is 0 Å². The van der Waals surface area contributed by atoms with Crippen molar-refractivity contribution in [3.05, 3.63) is 0 Å². The topological polar surface area (TPSA) is 12.0 Å². The second-order valence-electron chi connectivity index (χ2n) is 0.940. The van der Waals surface area contributed by atoms with Crippen molar-refractivity contribution in [1.82, 2.24) is 5.09 Å². The van der Waals surface area contributed by atoms with Crippen molar-refractivity contribution in [2.24, 2.45) is 0 Å². The van der Waals surface area contributed by atoms with E-state index in [-0.39, 0.29) is 8.08 Å². The fourth-order valence-electron chi connectivity index (χ4n) is 0.206. The molecule has 0 aromatic heterocycles. The summed E-state index contributed by atoms with van der Waals surface area (Å²) in [4.78, 5) is 0. The van der Waals surface area contributed by atoms with Crippen molar-refractivity contribution in [3.8, 4) is 0 Å². The molecule has 1 atom stereocenters. The van der Waals surface area contributed by atoms with E-state index in [1.54, 1.807) is 11.8 Å². The Kier molecular flexibility index (Phi) is 6.82. The molecule has 0 saturated heterocycles. The van der Waals surface area contributed by atoms with Gasteiger partial charge in [-0.25, -0.2) is 0 Å². The van der Waals surface area contributed by atoms with Crippen LogP contribution >= 0.6 is 43.3 Å². The monoisotopic (exact) mass is 187 g/mol. The van der Waals surface area contributed by atoms with Crippen LogP contribution < -0.4 is 5.09 Å². The second kappa shape index (κ2) is 6.09. The maximum absolute atomic E-state index is 5.35. The molecule has 0 aliphatic heterocycles. The number of rotatable bonds is 2. The van der Waals surface area contributed by atoms with Gasteiger partial charge in [-0.15, -0.1) is 0 Å². The van der Waals surface area contributed by atoms with Gasteiger partial charge in [-0.3, -0.25) is 0 Å². The summed E-state index contributed by atoms with van der Waals surface area (Å²) in [5, 5.41) is 2.83. The van der Waals surface area contributed by atoms with Gasteiger partial charge < -0.3 is 5.09 Å². The van der Waals surface area contributed by atoms with E-state index in [1.165, 1.54) is 0 Å². The molecular weight excluding hydrogens is 181 g/mol. The third kappa shape index (κ3) is 5.10. The van der Waals surface area contributed by atoms with Crippen LogP contribution in [0.25, 0.3) is 0 Å². The number of thiocarbonyl (C=S) groups is 1. The average molecular weight is 188 g/mol. The highest BCUT2D eigenvalue weighted by molar-refractivity contribution is 8.23. The van der Waals surface area contributed by atoms with Crippen LogP contribution in [0.5, 0.6) is 0 Å². The molecule has 0 saturated carbocycles. The first kappa shape index (κ1) is 8.96. The first-order valence-corrected chi connectivity index (χ1v) is 5.50. The van der Waals surface area contributed by atoms with Gasteiger partial charge in [-0.05, 0) is 5.75 Å². The summed E-state index contributed by atoms with van der Waals surface area (Å²) in [6.45, 7) is 2.05. The summed E-state index contributed by atoms with van der Waals surface area (Å²) < 4.78 is 0.792. The van der Waals surface area contributed by atoms with Crippen LogP contribution in [0.2, 0.25) is 0 Å². The van der Waals surface area contributed by atoms with Crippen molar-refractivity contribution >= 4 is 47.6 Å². The fraction of sp³-hybridized carbons (Fsp3) is 0.667. The van der Waals surface area contributed by atoms with E-state index in [9.17, 15) is 0 Å². The van der Waals surface area contributed by atoms with Crippen LogP contribution in [0, 0.1) is 0 Å². The van der Waals surface area contributed by atoms with E-state index < -0.39 is 0 Å². The molecule has 0 aliphatic rings. The van der Waals surface area contributed by atoms with Gasteiger partial charge in [0.2, 0.25) is 0 Å². The van der Waals surface area contributed by atoms with Crippen LogP contribution in [0.3, 0.4) is 0 Å². The average Bonchev–Trinajstić information content (AvgIpc) is 1.68. The highest BCUT2D eigenvalue weighted by Gasteiger charge is 1.89. The third-order valence-electron chi connectivity index (χ3n) is 0.425. The minimum atomic E-state index is 0.208. The highest BCUT2D eigenvalue weighted by atomic mass is 35.7. The Morgan fingerprint density at radius 2 is 2.62 bits per heavy atom. The minimum Gasteiger partial charge on any atom is -0.340 e. The Balaban J connectivity index is 3.06. The number of halogens is 1. The minimum absolute atomic E-state index is 0.208.